The van der Waals surface area contributed by atoms with E-state index in [1.54, 1.807) is 54.6 Å². The molecule has 0 saturated heterocycles. The summed E-state index contributed by atoms with van der Waals surface area (Å²) in [5, 5.41) is 3.61. The maximum absolute atomic E-state index is 14.6. The lowest BCUT2D eigenvalue weighted by molar-refractivity contribution is -0.140. The lowest BCUT2D eigenvalue weighted by Crippen LogP contribution is -2.53. The number of anilines is 1. The van der Waals surface area contributed by atoms with Gasteiger partial charge in [0.15, 0.2) is 0 Å². The van der Waals surface area contributed by atoms with Crippen LogP contribution in [0.1, 0.15) is 30.5 Å². The van der Waals surface area contributed by atoms with E-state index < -0.39 is 28.5 Å². The van der Waals surface area contributed by atoms with E-state index in [9.17, 15) is 18.0 Å². The Morgan fingerprint density at radius 1 is 0.848 bits per heavy atom. The van der Waals surface area contributed by atoms with Crippen molar-refractivity contribution < 1.29 is 18.0 Å². The van der Waals surface area contributed by atoms with E-state index in [2.05, 4.69) is 21.2 Å². The summed E-state index contributed by atoms with van der Waals surface area (Å²) in [6.07, 6.45) is 0.182. The maximum atomic E-state index is 14.6. The number of rotatable bonds is 13. The molecular formula is C35H36BrCl2N3O4S. The van der Waals surface area contributed by atoms with Crippen molar-refractivity contribution in [2.75, 3.05) is 17.4 Å². The molecule has 0 saturated carbocycles. The van der Waals surface area contributed by atoms with Gasteiger partial charge < -0.3 is 10.2 Å². The predicted molar refractivity (Wildman–Crippen MR) is 189 cm³/mol. The summed E-state index contributed by atoms with van der Waals surface area (Å²) in [7, 11) is -4.21. The van der Waals surface area contributed by atoms with Gasteiger partial charge in [-0.25, -0.2) is 8.42 Å². The van der Waals surface area contributed by atoms with Crippen molar-refractivity contribution in [1.29, 1.82) is 0 Å². The zero-order valence-electron chi connectivity index (χ0n) is 25.8. The van der Waals surface area contributed by atoms with Crippen LogP contribution in [0.2, 0.25) is 10.0 Å². The minimum Gasteiger partial charge on any atom is -0.354 e. The van der Waals surface area contributed by atoms with Gasteiger partial charge in [-0.3, -0.25) is 13.9 Å². The lowest BCUT2D eigenvalue weighted by atomic mass is 10.0. The zero-order chi connectivity index (χ0) is 33.4. The Labute approximate surface area is 289 Å². The van der Waals surface area contributed by atoms with Crippen molar-refractivity contribution >= 4 is 66.7 Å². The number of halogens is 3. The van der Waals surface area contributed by atoms with E-state index in [4.69, 9.17) is 23.2 Å². The van der Waals surface area contributed by atoms with Gasteiger partial charge in [0, 0.05) is 39.6 Å². The Hall–Kier alpha value is -3.37. The molecule has 0 unspecified atom stereocenters. The monoisotopic (exact) mass is 743 g/mol. The summed E-state index contributed by atoms with van der Waals surface area (Å²) in [6.45, 7) is 5.51. The first kappa shape index (κ1) is 35.5. The highest BCUT2D eigenvalue weighted by molar-refractivity contribution is 9.10. The summed E-state index contributed by atoms with van der Waals surface area (Å²) >= 11 is 16.5. The summed E-state index contributed by atoms with van der Waals surface area (Å²) < 4.78 is 30.1. The van der Waals surface area contributed by atoms with Crippen LogP contribution < -0.4 is 9.62 Å². The van der Waals surface area contributed by atoms with Gasteiger partial charge in [0.1, 0.15) is 12.6 Å². The molecule has 0 aromatic heterocycles. The molecule has 4 rings (SSSR count). The Bertz CT molecular complexity index is 1730. The van der Waals surface area contributed by atoms with Gasteiger partial charge in [-0.05, 0) is 66.9 Å². The van der Waals surface area contributed by atoms with Crippen molar-refractivity contribution in [2.24, 2.45) is 5.92 Å². The van der Waals surface area contributed by atoms with E-state index in [0.29, 0.717) is 22.2 Å². The van der Waals surface area contributed by atoms with Crippen molar-refractivity contribution in [3.63, 3.8) is 0 Å². The molecule has 0 heterocycles. The van der Waals surface area contributed by atoms with Crippen LogP contribution in [0.5, 0.6) is 0 Å². The number of carbonyl (C=O) groups excluding carboxylic acids is 2. The van der Waals surface area contributed by atoms with Crippen LogP contribution >= 0.6 is 39.1 Å². The summed E-state index contributed by atoms with van der Waals surface area (Å²) in [5.41, 5.74) is 2.46. The quantitative estimate of drug-likeness (QED) is 0.152. The zero-order valence-corrected chi connectivity index (χ0v) is 29.7. The summed E-state index contributed by atoms with van der Waals surface area (Å²) in [4.78, 5) is 29.9. The molecule has 7 nitrogen and oxygen atoms in total. The van der Waals surface area contributed by atoms with E-state index in [1.807, 2.05) is 51.1 Å². The third kappa shape index (κ3) is 9.12. The molecule has 0 radical (unpaired) electrons. The first-order valence-corrected chi connectivity index (χ1v) is 17.7. The maximum Gasteiger partial charge on any atom is 0.264 e. The fourth-order valence-electron chi connectivity index (χ4n) is 4.80. The van der Waals surface area contributed by atoms with Crippen LogP contribution in [0, 0.1) is 12.8 Å². The van der Waals surface area contributed by atoms with Gasteiger partial charge in [0.25, 0.3) is 10.0 Å². The normalized spacial score (nSPS) is 12.1. The Morgan fingerprint density at radius 3 is 2.04 bits per heavy atom. The van der Waals surface area contributed by atoms with Crippen molar-refractivity contribution in [3.8, 4) is 0 Å². The summed E-state index contributed by atoms with van der Waals surface area (Å²) in [5.74, 6) is -0.808. The highest BCUT2D eigenvalue weighted by atomic mass is 79.9. The van der Waals surface area contributed by atoms with Crippen molar-refractivity contribution in [3.05, 3.63) is 128 Å². The third-order valence-corrected chi connectivity index (χ3v) is 10.4. The molecule has 0 aliphatic rings. The second-order valence-electron chi connectivity index (χ2n) is 11.4. The average molecular weight is 746 g/mol. The number of aryl methyl sites for hydroxylation is 1. The minimum atomic E-state index is -4.21. The van der Waals surface area contributed by atoms with E-state index >= 15 is 0 Å². The second-order valence-corrected chi connectivity index (χ2v) is 15.0. The molecule has 242 valence electrons. The molecule has 11 heteroatoms. The number of sulfonamides is 1. The molecule has 0 fully saturated rings. The van der Waals surface area contributed by atoms with Crippen LogP contribution in [0.3, 0.4) is 0 Å². The highest BCUT2D eigenvalue weighted by Gasteiger charge is 2.35. The molecule has 1 N–H and O–H groups in total. The number of nitrogens with one attached hydrogen (secondary N) is 1. The predicted octanol–water partition coefficient (Wildman–Crippen LogP) is 7.67. The van der Waals surface area contributed by atoms with E-state index in [-0.39, 0.29) is 35.4 Å². The molecule has 2 amide bonds. The fourth-order valence-corrected chi connectivity index (χ4v) is 7.00. The van der Waals surface area contributed by atoms with Gasteiger partial charge in [-0.2, -0.15) is 0 Å². The fraction of sp³-hybridized carbons (Fsp3) is 0.257. The van der Waals surface area contributed by atoms with Gasteiger partial charge >= 0.3 is 0 Å². The molecule has 4 aromatic rings. The van der Waals surface area contributed by atoms with Gasteiger partial charge in [-0.15, -0.1) is 0 Å². The van der Waals surface area contributed by atoms with Crippen molar-refractivity contribution in [1.82, 2.24) is 10.2 Å². The third-order valence-electron chi connectivity index (χ3n) is 7.35. The minimum absolute atomic E-state index is 0.0324. The topological polar surface area (TPSA) is 86.8 Å². The van der Waals surface area contributed by atoms with E-state index in [1.165, 1.54) is 17.0 Å². The Balaban J connectivity index is 1.83. The van der Waals surface area contributed by atoms with Crippen molar-refractivity contribution in [2.45, 2.75) is 44.7 Å². The smallest absolute Gasteiger partial charge is 0.264 e. The van der Waals surface area contributed by atoms with E-state index in [0.717, 1.165) is 19.9 Å². The summed E-state index contributed by atoms with van der Waals surface area (Å²) in [6, 6.07) is 26.4. The molecule has 0 aliphatic heterocycles. The second kappa shape index (κ2) is 16.0. The van der Waals surface area contributed by atoms with Crippen LogP contribution in [-0.4, -0.2) is 44.3 Å². The van der Waals surface area contributed by atoms with Crippen LogP contribution in [0.4, 0.5) is 5.69 Å². The molecule has 0 bridgehead atoms. The number of nitrogens with zero attached hydrogens (tertiary/aromatic N) is 2. The number of hydrogen-bond donors (Lipinski definition) is 1. The molecule has 46 heavy (non-hydrogen) atoms. The average Bonchev–Trinajstić information content (AvgIpc) is 3.02. The van der Waals surface area contributed by atoms with Gasteiger partial charge in [-0.1, -0.05) is 107 Å². The van der Waals surface area contributed by atoms with Gasteiger partial charge in [0.05, 0.1) is 10.6 Å². The first-order chi connectivity index (χ1) is 21.9. The highest BCUT2D eigenvalue weighted by Crippen LogP contribution is 2.29. The first-order valence-electron chi connectivity index (χ1n) is 14.8. The molecule has 0 aliphatic carbocycles. The molecule has 1 atom stereocenters. The Morgan fingerprint density at radius 2 is 1.46 bits per heavy atom. The molecular weight excluding hydrogens is 709 g/mol. The van der Waals surface area contributed by atoms with Gasteiger partial charge in [0.2, 0.25) is 11.8 Å². The van der Waals surface area contributed by atoms with Crippen LogP contribution in [0.25, 0.3) is 0 Å². The van der Waals surface area contributed by atoms with Crippen LogP contribution in [0.15, 0.2) is 106 Å². The van der Waals surface area contributed by atoms with Crippen LogP contribution in [-0.2, 0) is 32.6 Å². The number of benzene rings is 4. The SMILES string of the molecule is Cc1ccc(S(=O)(=O)N(CC(=O)N(Cc2c(Cl)cccc2Cl)[C@@H](Cc2ccccc2)C(=O)NCC(C)C)c2ccc(Br)cc2)cc1. The lowest BCUT2D eigenvalue weighted by Gasteiger charge is -2.34. The largest absolute Gasteiger partial charge is 0.354 e. The Kier molecular flexibility index (Phi) is 12.3. The number of hydrogen-bond acceptors (Lipinski definition) is 4. The molecule has 4 aromatic carbocycles. The standard InChI is InChI=1S/C35H36BrCl2N3O4S/c1-24(2)21-39-35(43)33(20-26-8-5-4-6-9-26)40(22-30-31(37)10-7-11-32(30)38)34(42)23-41(28-16-14-27(36)15-17-28)46(44,45)29-18-12-25(3)13-19-29/h4-19,24,33H,20-23H2,1-3H3,(H,39,43)/t33-/m0/s1. The number of amides is 2. The molecule has 0 spiro atoms. The number of carbonyl (C=O) groups is 2.